The summed E-state index contributed by atoms with van der Waals surface area (Å²) in [7, 11) is -1.63. The Balaban J connectivity index is 4.22. The summed E-state index contributed by atoms with van der Waals surface area (Å²) in [5, 5.41) is 0.251. The van der Waals surface area contributed by atoms with Crippen LogP contribution in [0.1, 0.15) is 27.7 Å². The molecule has 0 aromatic rings. The lowest BCUT2D eigenvalue weighted by atomic mass is 10.2. The van der Waals surface area contributed by atoms with Gasteiger partial charge in [-0.1, -0.05) is 50.9 Å². The summed E-state index contributed by atoms with van der Waals surface area (Å²) in [6.45, 7) is 13.9. The molecule has 0 aromatic carbocycles. The van der Waals surface area contributed by atoms with Gasteiger partial charge in [0, 0.05) is 6.61 Å². The third-order valence-electron chi connectivity index (χ3n) is 2.92. The van der Waals surface area contributed by atoms with Gasteiger partial charge in [0.2, 0.25) is 0 Å². The lowest BCUT2D eigenvalue weighted by molar-refractivity contribution is 0.259. The number of hydrogen-bond donors (Lipinski definition) is 0. The molecule has 0 amide bonds. The minimum atomic E-state index is -1.63. The third-order valence-corrected chi connectivity index (χ3v) is 7.68. The first kappa shape index (κ1) is 15.5. The van der Waals surface area contributed by atoms with Crippen molar-refractivity contribution in [2.75, 3.05) is 6.61 Å². The highest BCUT2D eigenvalue weighted by molar-refractivity contribution is 6.74. The van der Waals surface area contributed by atoms with Gasteiger partial charge in [0.05, 0.1) is 0 Å². The topological polar surface area (TPSA) is 9.23 Å². The van der Waals surface area contributed by atoms with Crippen molar-refractivity contribution < 1.29 is 4.43 Å². The second-order valence-corrected chi connectivity index (χ2v) is 11.3. The zero-order chi connectivity index (χ0) is 12.3. The van der Waals surface area contributed by atoms with Gasteiger partial charge in [-0.3, -0.25) is 0 Å². The molecule has 0 saturated carbocycles. The van der Waals surface area contributed by atoms with Crippen molar-refractivity contribution in [1.29, 1.82) is 0 Å². The largest absolute Gasteiger partial charge is 0.416 e. The minimum absolute atomic E-state index is 0.251. The standard InChI is InChI=1S/C11H22Cl2OSi/c1-9(7-10(12)13)8-14-15(5,6)11(2,3)4/h7,9H,8H2,1-6H3/t9-/m0/s1. The molecule has 0 unspecified atom stereocenters. The van der Waals surface area contributed by atoms with Crippen molar-refractivity contribution in [3.63, 3.8) is 0 Å². The quantitative estimate of drug-likeness (QED) is 0.655. The van der Waals surface area contributed by atoms with Crippen LogP contribution in [0.4, 0.5) is 0 Å². The fraction of sp³-hybridized carbons (Fsp3) is 0.818. The molecule has 0 saturated heterocycles. The summed E-state index contributed by atoms with van der Waals surface area (Å²) >= 11 is 11.2. The summed E-state index contributed by atoms with van der Waals surface area (Å²) in [6, 6.07) is 0. The number of hydrogen-bond acceptors (Lipinski definition) is 1. The molecule has 0 aromatic heterocycles. The van der Waals surface area contributed by atoms with Gasteiger partial charge in [-0.25, -0.2) is 0 Å². The van der Waals surface area contributed by atoms with Gasteiger partial charge < -0.3 is 4.43 Å². The van der Waals surface area contributed by atoms with E-state index in [2.05, 4.69) is 40.8 Å². The maximum Gasteiger partial charge on any atom is 0.192 e. The van der Waals surface area contributed by atoms with Crippen LogP contribution in [0.15, 0.2) is 10.6 Å². The van der Waals surface area contributed by atoms with Crippen LogP contribution in [0.25, 0.3) is 0 Å². The molecule has 0 aliphatic heterocycles. The highest BCUT2D eigenvalue weighted by Crippen LogP contribution is 2.36. The van der Waals surface area contributed by atoms with Crippen LogP contribution in [-0.4, -0.2) is 14.9 Å². The second-order valence-electron chi connectivity index (χ2n) is 5.50. The van der Waals surface area contributed by atoms with E-state index in [0.717, 1.165) is 0 Å². The monoisotopic (exact) mass is 268 g/mol. The fourth-order valence-corrected chi connectivity index (χ4v) is 2.36. The van der Waals surface area contributed by atoms with Crippen LogP contribution >= 0.6 is 23.2 Å². The van der Waals surface area contributed by atoms with E-state index in [4.69, 9.17) is 27.6 Å². The molecule has 1 nitrogen and oxygen atoms in total. The van der Waals surface area contributed by atoms with Gasteiger partial charge >= 0.3 is 0 Å². The Labute approximate surface area is 105 Å². The molecule has 0 N–H and O–H groups in total. The third kappa shape index (κ3) is 5.96. The van der Waals surface area contributed by atoms with Crippen molar-refractivity contribution in [2.45, 2.75) is 45.8 Å². The molecular formula is C11H22Cl2OSi. The highest BCUT2D eigenvalue weighted by Gasteiger charge is 2.37. The van der Waals surface area contributed by atoms with Gasteiger partial charge in [-0.15, -0.1) is 0 Å². The maximum absolute atomic E-state index is 6.03. The van der Waals surface area contributed by atoms with E-state index in [1.165, 1.54) is 0 Å². The molecule has 90 valence electrons. The molecule has 1 atom stereocenters. The van der Waals surface area contributed by atoms with Crippen molar-refractivity contribution in [2.24, 2.45) is 5.92 Å². The Morgan fingerprint density at radius 3 is 2.13 bits per heavy atom. The summed E-state index contributed by atoms with van der Waals surface area (Å²) in [6.07, 6.45) is 1.82. The molecule has 0 heterocycles. The molecule has 0 spiro atoms. The van der Waals surface area contributed by atoms with E-state index < -0.39 is 8.32 Å². The van der Waals surface area contributed by atoms with Crippen LogP contribution in [-0.2, 0) is 4.43 Å². The van der Waals surface area contributed by atoms with Crippen LogP contribution < -0.4 is 0 Å². The summed E-state index contributed by atoms with van der Waals surface area (Å²) < 4.78 is 6.35. The van der Waals surface area contributed by atoms with E-state index in [-0.39, 0.29) is 11.0 Å². The highest BCUT2D eigenvalue weighted by atomic mass is 35.5. The fourth-order valence-electron chi connectivity index (χ4n) is 0.819. The molecule has 0 rings (SSSR count). The normalized spacial score (nSPS) is 14.9. The van der Waals surface area contributed by atoms with Crippen molar-refractivity contribution >= 4 is 31.5 Å². The Morgan fingerprint density at radius 1 is 1.33 bits per heavy atom. The number of halogens is 2. The second kappa shape index (κ2) is 5.71. The zero-order valence-electron chi connectivity index (χ0n) is 10.5. The first-order chi connectivity index (χ1) is 6.56. The van der Waals surface area contributed by atoms with Crippen LogP contribution in [0, 0.1) is 5.92 Å². The Morgan fingerprint density at radius 2 is 1.80 bits per heavy atom. The van der Waals surface area contributed by atoms with Gasteiger partial charge in [0.15, 0.2) is 8.32 Å². The van der Waals surface area contributed by atoms with Crippen molar-refractivity contribution in [3.05, 3.63) is 10.6 Å². The zero-order valence-corrected chi connectivity index (χ0v) is 13.0. The van der Waals surface area contributed by atoms with Gasteiger partial charge in [-0.05, 0) is 30.1 Å². The average molecular weight is 269 g/mol. The molecule has 0 bridgehead atoms. The summed E-state index contributed by atoms with van der Waals surface area (Å²) in [5.74, 6) is 0.268. The Kier molecular flexibility index (Phi) is 5.90. The van der Waals surface area contributed by atoms with E-state index in [9.17, 15) is 0 Å². The molecule has 0 radical (unpaired) electrons. The molecule has 0 fully saturated rings. The van der Waals surface area contributed by atoms with Gasteiger partial charge in [0.25, 0.3) is 0 Å². The Bertz CT molecular complexity index is 227. The predicted molar refractivity (Wildman–Crippen MR) is 72.1 cm³/mol. The molecular weight excluding hydrogens is 247 g/mol. The molecule has 0 aliphatic carbocycles. The van der Waals surface area contributed by atoms with E-state index >= 15 is 0 Å². The van der Waals surface area contributed by atoms with Crippen LogP contribution in [0.5, 0.6) is 0 Å². The van der Waals surface area contributed by atoms with Gasteiger partial charge in [0.1, 0.15) is 4.49 Å². The van der Waals surface area contributed by atoms with E-state index in [1.807, 2.05) is 6.08 Å². The smallest absolute Gasteiger partial charge is 0.192 e. The van der Waals surface area contributed by atoms with Crippen LogP contribution in [0.3, 0.4) is 0 Å². The van der Waals surface area contributed by atoms with Crippen LogP contribution in [0.2, 0.25) is 18.1 Å². The predicted octanol–water partition coefficient (Wildman–Crippen LogP) is 4.96. The van der Waals surface area contributed by atoms with E-state index in [1.54, 1.807) is 0 Å². The molecule has 4 heteroatoms. The molecule has 0 aliphatic rings. The first-order valence-electron chi connectivity index (χ1n) is 5.23. The summed E-state index contributed by atoms with van der Waals surface area (Å²) in [5.41, 5.74) is 0. The minimum Gasteiger partial charge on any atom is -0.416 e. The van der Waals surface area contributed by atoms with E-state index in [0.29, 0.717) is 11.1 Å². The Hall–Kier alpha value is 0.497. The molecule has 15 heavy (non-hydrogen) atoms. The first-order valence-corrected chi connectivity index (χ1v) is 8.89. The maximum atomic E-state index is 6.03. The SMILES string of the molecule is C[C@@H](C=C(Cl)Cl)CO[Si](C)(C)C(C)(C)C. The lowest BCUT2D eigenvalue weighted by Gasteiger charge is -2.36. The average Bonchev–Trinajstić information content (AvgIpc) is 1.97. The van der Waals surface area contributed by atoms with Crippen molar-refractivity contribution in [1.82, 2.24) is 0 Å². The van der Waals surface area contributed by atoms with Crippen molar-refractivity contribution in [3.8, 4) is 0 Å². The number of rotatable bonds is 4. The summed E-state index contributed by atoms with van der Waals surface area (Å²) in [4.78, 5) is 0. The van der Waals surface area contributed by atoms with Gasteiger partial charge in [-0.2, -0.15) is 0 Å². The lowest BCUT2D eigenvalue weighted by Crippen LogP contribution is -2.41.